The first-order valence-corrected chi connectivity index (χ1v) is 19.0. The molecule has 0 saturated heterocycles. The molecule has 54 heavy (non-hydrogen) atoms. The largest absolute Gasteiger partial charge is 0.476 e. The van der Waals surface area contributed by atoms with Crippen LogP contribution in [0.5, 0.6) is 0 Å². The van der Waals surface area contributed by atoms with Crippen molar-refractivity contribution in [2.45, 2.75) is 52.4 Å². The summed E-state index contributed by atoms with van der Waals surface area (Å²) >= 11 is 0. The number of aryl methyl sites for hydroxylation is 4. The summed E-state index contributed by atoms with van der Waals surface area (Å²) in [7, 11) is 0. The van der Waals surface area contributed by atoms with Crippen LogP contribution < -0.4 is 14.8 Å². The number of amides is 1. The van der Waals surface area contributed by atoms with Gasteiger partial charge in [0.1, 0.15) is 0 Å². The van der Waals surface area contributed by atoms with Crippen molar-refractivity contribution in [1.29, 1.82) is 0 Å². The highest BCUT2D eigenvalue weighted by atomic mass is 16.4. The maximum atomic E-state index is 13.8. The van der Waals surface area contributed by atoms with Gasteiger partial charge in [0.05, 0.1) is 11.3 Å². The van der Waals surface area contributed by atoms with Gasteiger partial charge in [0, 0.05) is 35.8 Å². The summed E-state index contributed by atoms with van der Waals surface area (Å²) in [6.07, 6.45) is 9.53. The number of benzene rings is 5. The zero-order valence-electron chi connectivity index (χ0n) is 30.8. The molecule has 270 valence electrons. The summed E-state index contributed by atoms with van der Waals surface area (Å²) in [5, 5.41) is 15.6. The minimum absolute atomic E-state index is 0.0446. The molecular weight excluding hydrogens is 669 g/mol. The van der Waals surface area contributed by atoms with Crippen molar-refractivity contribution in [1.82, 2.24) is 0 Å². The number of fused-ring (bicyclic) bond motifs is 2. The third-order valence-corrected chi connectivity index (χ3v) is 10.8. The summed E-state index contributed by atoms with van der Waals surface area (Å²) in [5.74, 6) is -1.72. The van der Waals surface area contributed by atoms with Crippen LogP contribution in [0.2, 0.25) is 0 Å². The molecule has 8 rings (SSSR count). The van der Waals surface area contributed by atoms with Gasteiger partial charge in [-0.1, -0.05) is 74.5 Å². The van der Waals surface area contributed by atoms with Gasteiger partial charge in [0.25, 0.3) is 5.91 Å². The molecule has 5 aromatic carbocycles. The molecule has 0 saturated carbocycles. The van der Waals surface area contributed by atoms with Crippen LogP contribution in [0, 0.1) is 0 Å². The van der Waals surface area contributed by atoms with Gasteiger partial charge in [-0.2, -0.15) is 10.1 Å². The number of nitrogens with zero attached hydrogens (tertiary/aromatic N) is 4. The number of hydrogen-bond donors (Lipinski definition) is 1. The molecule has 0 aliphatic carbocycles. The highest BCUT2D eigenvalue weighted by Crippen LogP contribution is 2.39. The van der Waals surface area contributed by atoms with E-state index in [9.17, 15) is 14.7 Å². The molecule has 0 bridgehead atoms. The van der Waals surface area contributed by atoms with Gasteiger partial charge in [-0.25, -0.2) is 4.79 Å². The van der Waals surface area contributed by atoms with Crippen LogP contribution >= 0.6 is 0 Å². The maximum Gasteiger partial charge on any atom is 0.357 e. The van der Waals surface area contributed by atoms with Crippen molar-refractivity contribution in [2.24, 2.45) is 5.10 Å². The fraction of sp³-hybridized carbons (Fsp3) is 0.213. The van der Waals surface area contributed by atoms with Crippen molar-refractivity contribution in [3.05, 3.63) is 166 Å². The fourth-order valence-electron chi connectivity index (χ4n) is 7.88. The minimum Gasteiger partial charge on any atom is -0.476 e. The molecular formula is C47H44N4O3. The van der Waals surface area contributed by atoms with Gasteiger partial charge >= 0.3 is 5.97 Å². The van der Waals surface area contributed by atoms with E-state index in [0.29, 0.717) is 5.69 Å². The van der Waals surface area contributed by atoms with Crippen LogP contribution in [0.3, 0.4) is 0 Å². The summed E-state index contributed by atoms with van der Waals surface area (Å²) in [6, 6.07) is 39.9. The second-order valence-electron chi connectivity index (χ2n) is 14.1. The molecule has 1 amide bonds. The molecule has 0 unspecified atom stereocenters. The minimum atomic E-state index is -1.25. The van der Waals surface area contributed by atoms with E-state index in [1.807, 2.05) is 12.1 Å². The first-order chi connectivity index (χ1) is 26.4. The number of carbonyl (C=O) groups excluding carboxylic acids is 1. The zero-order valence-corrected chi connectivity index (χ0v) is 30.8. The Morgan fingerprint density at radius 1 is 0.685 bits per heavy atom. The van der Waals surface area contributed by atoms with Gasteiger partial charge in [-0.3, -0.25) is 4.79 Å². The number of carboxylic acid groups (broad SMARTS) is 1. The molecule has 0 fully saturated rings. The van der Waals surface area contributed by atoms with E-state index in [4.69, 9.17) is 0 Å². The first kappa shape index (κ1) is 34.9. The highest BCUT2D eigenvalue weighted by Gasteiger charge is 2.35. The van der Waals surface area contributed by atoms with Crippen LogP contribution in [-0.2, 0) is 35.3 Å². The summed E-state index contributed by atoms with van der Waals surface area (Å²) in [5.41, 5.74) is 13.2. The van der Waals surface area contributed by atoms with Crippen LogP contribution in [0.1, 0.15) is 60.1 Å². The number of aliphatic carboxylic acids is 1. The number of carbonyl (C=O) groups is 2. The standard InChI is InChI=1S/C47H44N4O3/c1-3-32-14-20-38(21-15-32)49-28-8-10-36-30-34(18-26-43(36)49)41(24-25-42-45(47(53)54)48-51(46(42)52)40-12-6-5-7-13-40)35-19-27-44-37(31-35)11-9-29-50(44)39-22-16-33(4-2)17-23-39/h5-7,12-27,30-31H,3-4,8-11,28-29H2,1-2H3,(H,53,54)/b42-25-. The Kier molecular flexibility index (Phi) is 9.70. The molecule has 7 nitrogen and oxygen atoms in total. The third kappa shape index (κ3) is 6.73. The number of anilines is 5. The van der Waals surface area contributed by atoms with Crippen molar-refractivity contribution in [2.75, 3.05) is 27.9 Å². The summed E-state index contributed by atoms with van der Waals surface area (Å²) in [6.45, 7) is 6.25. The predicted molar refractivity (Wildman–Crippen MR) is 219 cm³/mol. The van der Waals surface area contributed by atoms with Crippen molar-refractivity contribution >= 4 is 51.6 Å². The maximum absolute atomic E-state index is 13.8. The zero-order chi connectivity index (χ0) is 37.2. The molecule has 3 heterocycles. The molecule has 0 aromatic heterocycles. The van der Waals surface area contributed by atoms with E-state index in [0.717, 1.165) is 68.3 Å². The number of carboxylic acids is 1. The molecule has 0 radical (unpaired) electrons. The molecule has 1 N–H and O–H groups in total. The van der Waals surface area contributed by atoms with E-state index in [1.54, 1.807) is 30.3 Å². The quantitative estimate of drug-likeness (QED) is 0.154. The van der Waals surface area contributed by atoms with E-state index < -0.39 is 11.9 Å². The summed E-state index contributed by atoms with van der Waals surface area (Å²) < 4.78 is 0. The van der Waals surface area contributed by atoms with Crippen molar-refractivity contribution < 1.29 is 14.7 Å². The van der Waals surface area contributed by atoms with Gasteiger partial charge < -0.3 is 14.9 Å². The van der Waals surface area contributed by atoms with Crippen LogP contribution in [0.25, 0.3) is 5.57 Å². The molecule has 0 spiro atoms. The predicted octanol–water partition coefficient (Wildman–Crippen LogP) is 9.83. The molecule has 3 aliphatic rings. The summed E-state index contributed by atoms with van der Waals surface area (Å²) in [4.78, 5) is 31.0. The second-order valence-corrected chi connectivity index (χ2v) is 14.1. The van der Waals surface area contributed by atoms with E-state index in [2.05, 4.69) is 114 Å². The lowest BCUT2D eigenvalue weighted by atomic mass is 9.89. The average Bonchev–Trinajstić information content (AvgIpc) is 3.56. The lowest BCUT2D eigenvalue weighted by Gasteiger charge is -2.33. The van der Waals surface area contributed by atoms with Crippen LogP contribution in [0.4, 0.5) is 28.4 Å². The van der Waals surface area contributed by atoms with Gasteiger partial charge in [-0.05, 0) is 144 Å². The lowest BCUT2D eigenvalue weighted by Crippen LogP contribution is -2.24. The average molecular weight is 713 g/mol. The molecule has 3 aliphatic heterocycles. The van der Waals surface area contributed by atoms with E-state index in [1.165, 1.54) is 50.0 Å². The highest BCUT2D eigenvalue weighted by molar-refractivity contribution is 6.52. The van der Waals surface area contributed by atoms with Crippen LogP contribution in [0.15, 0.2) is 138 Å². The van der Waals surface area contributed by atoms with Crippen molar-refractivity contribution in [3.8, 4) is 0 Å². The Morgan fingerprint density at radius 3 is 1.69 bits per heavy atom. The van der Waals surface area contributed by atoms with E-state index >= 15 is 0 Å². The SMILES string of the molecule is CCc1ccc(N2CCCc3cc(C(=C/C=C4\C(=O)N(c5ccccc5)N=C4C(=O)O)c4ccc5c(c4)CCCN5c4ccc(CC)cc4)ccc32)cc1. The Morgan fingerprint density at radius 2 is 1.20 bits per heavy atom. The number of para-hydroxylation sites is 1. The third-order valence-electron chi connectivity index (χ3n) is 10.8. The number of rotatable bonds is 9. The molecule has 7 heteroatoms. The number of allylic oxidation sites excluding steroid dienone is 2. The van der Waals surface area contributed by atoms with Gasteiger partial charge in [0.15, 0.2) is 5.71 Å². The Bertz CT molecular complexity index is 2200. The van der Waals surface area contributed by atoms with Crippen molar-refractivity contribution in [3.63, 3.8) is 0 Å². The number of hydrazone groups is 1. The van der Waals surface area contributed by atoms with E-state index in [-0.39, 0.29) is 11.3 Å². The topological polar surface area (TPSA) is 76.5 Å². The molecule has 5 aromatic rings. The lowest BCUT2D eigenvalue weighted by molar-refractivity contribution is -0.129. The normalized spacial score (nSPS) is 15.9. The van der Waals surface area contributed by atoms with Gasteiger partial charge in [0.2, 0.25) is 0 Å². The Balaban J connectivity index is 1.21. The Labute approximate surface area is 317 Å². The Hall–Kier alpha value is -6.21. The van der Waals surface area contributed by atoms with Gasteiger partial charge in [-0.15, -0.1) is 0 Å². The smallest absolute Gasteiger partial charge is 0.357 e. The second kappa shape index (κ2) is 15.0. The monoisotopic (exact) mass is 712 g/mol. The first-order valence-electron chi connectivity index (χ1n) is 19.0. The number of hydrogen-bond acceptors (Lipinski definition) is 5. The van der Waals surface area contributed by atoms with Crippen LogP contribution in [-0.4, -0.2) is 35.8 Å². The molecule has 0 atom stereocenters. The fourth-order valence-corrected chi connectivity index (χ4v) is 7.88.